The van der Waals surface area contributed by atoms with Crippen molar-refractivity contribution < 1.29 is 4.79 Å². The Morgan fingerprint density at radius 1 is 1.25 bits per heavy atom. The molecule has 1 N–H and O–H groups in total. The van der Waals surface area contributed by atoms with E-state index in [1.807, 2.05) is 61.2 Å². The van der Waals surface area contributed by atoms with Crippen LogP contribution in [0.25, 0.3) is 10.2 Å². The van der Waals surface area contributed by atoms with Crippen LogP contribution in [0.4, 0.5) is 5.69 Å². The number of hydrogen-bond acceptors (Lipinski definition) is 2. The molecular formula is C16H16N2OS. The molecule has 3 aromatic rings. The van der Waals surface area contributed by atoms with Gasteiger partial charge in [-0.25, -0.2) is 0 Å². The van der Waals surface area contributed by atoms with Gasteiger partial charge in [-0.3, -0.25) is 4.79 Å². The first-order chi connectivity index (χ1) is 9.58. The zero-order chi connectivity index (χ0) is 14.3. The van der Waals surface area contributed by atoms with Crippen LogP contribution in [0.2, 0.25) is 0 Å². The standard InChI is InChI=1S/C16H16N2OS/c1-10-5-4-6-12(11(10)2)17-16(19)14-9-15-13(18(14)3)7-8-20-15/h4-9H,1-3H3,(H,17,19). The van der Waals surface area contributed by atoms with Gasteiger partial charge in [0.25, 0.3) is 5.91 Å². The maximum atomic E-state index is 12.4. The number of aromatic nitrogens is 1. The van der Waals surface area contributed by atoms with Crippen LogP contribution in [0.5, 0.6) is 0 Å². The molecule has 0 aliphatic heterocycles. The fourth-order valence-corrected chi connectivity index (χ4v) is 3.19. The second-order valence-corrected chi connectivity index (χ2v) is 5.91. The van der Waals surface area contributed by atoms with Crippen LogP contribution in [0.15, 0.2) is 35.7 Å². The molecule has 0 unspecified atom stereocenters. The number of nitrogens with one attached hydrogen (secondary N) is 1. The van der Waals surface area contributed by atoms with Crippen molar-refractivity contribution in [1.82, 2.24) is 4.57 Å². The van der Waals surface area contributed by atoms with Gasteiger partial charge in [0.05, 0.1) is 10.2 Å². The summed E-state index contributed by atoms with van der Waals surface area (Å²) in [6.45, 7) is 4.07. The van der Waals surface area contributed by atoms with E-state index in [1.54, 1.807) is 11.3 Å². The van der Waals surface area contributed by atoms with E-state index in [2.05, 4.69) is 5.32 Å². The first-order valence-corrected chi connectivity index (χ1v) is 7.36. The van der Waals surface area contributed by atoms with Crippen LogP contribution in [0, 0.1) is 13.8 Å². The summed E-state index contributed by atoms with van der Waals surface area (Å²) < 4.78 is 3.07. The van der Waals surface area contributed by atoms with Crippen molar-refractivity contribution in [2.45, 2.75) is 13.8 Å². The number of hydrogen-bond donors (Lipinski definition) is 1. The first-order valence-electron chi connectivity index (χ1n) is 6.48. The van der Waals surface area contributed by atoms with Gasteiger partial charge in [0.2, 0.25) is 0 Å². The van der Waals surface area contributed by atoms with E-state index in [1.165, 1.54) is 5.56 Å². The number of anilines is 1. The van der Waals surface area contributed by atoms with Gasteiger partial charge in [-0.15, -0.1) is 11.3 Å². The van der Waals surface area contributed by atoms with Crippen LogP contribution >= 0.6 is 11.3 Å². The number of fused-ring (bicyclic) bond motifs is 1. The molecule has 102 valence electrons. The Balaban J connectivity index is 1.95. The number of nitrogens with zero attached hydrogens (tertiary/aromatic N) is 1. The number of benzene rings is 1. The minimum Gasteiger partial charge on any atom is -0.339 e. The molecule has 0 fully saturated rings. The highest BCUT2D eigenvalue weighted by Crippen LogP contribution is 2.25. The monoisotopic (exact) mass is 284 g/mol. The Hall–Kier alpha value is -2.07. The molecule has 20 heavy (non-hydrogen) atoms. The molecule has 2 heterocycles. The summed E-state index contributed by atoms with van der Waals surface area (Å²) in [5, 5.41) is 5.04. The zero-order valence-electron chi connectivity index (χ0n) is 11.7. The van der Waals surface area contributed by atoms with E-state index in [0.717, 1.165) is 21.5 Å². The third-order valence-corrected chi connectivity index (χ3v) is 4.60. The molecule has 3 rings (SSSR count). The fraction of sp³-hybridized carbons (Fsp3) is 0.188. The molecule has 0 saturated carbocycles. The highest BCUT2D eigenvalue weighted by molar-refractivity contribution is 7.17. The lowest BCUT2D eigenvalue weighted by molar-refractivity contribution is 0.101. The minimum absolute atomic E-state index is 0.0652. The fourth-order valence-electron chi connectivity index (χ4n) is 2.34. The smallest absolute Gasteiger partial charge is 0.272 e. The molecule has 1 aromatic carbocycles. The average molecular weight is 284 g/mol. The zero-order valence-corrected chi connectivity index (χ0v) is 12.5. The SMILES string of the molecule is Cc1cccc(NC(=O)c2cc3sccc3n2C)c1C. The Labute approximate surface area is 121 Å². The van der Waals surface area contributed by atoms with Crippen molar-refractivity contribution in [2.24, 2.45) is 7.05 Å². The normalized spacial score (nSPS) is 10.9. The molecule has 0 bridgehead atoms. The summed E-state index contributed by atoms with van der Waals surface area (Å²) in [7, 11) is 1.92. The Bertz CT molecular complexity index is 798. The highest BCUT2D eigenvalue weighted by atomic mass is 32.1. The topological polar surface area (TPSA) is 34.0 Å². The van der Waals surface area contributed by atoms with Gasteiger partial charge >= 0.3 is 0 Å². The van der Waals surface area contributed by atoms with E-state index in [9.17, 15) is 4.79 Å². The maximum Gasteiger partial charge on any atom is 0.272 e. The average Bonchev–Trinajstić information content (AvgIpc) is 2.98. The molecule has 0 spiro atoms. The van der Waals surface area contributed by atoms with Gasteiger partial charge < -0.3 is 9.88 Å². The van der Waals surface area contributed by atoms with Crippen molar-refractivity contribution >= 4 is 33.1 Å². The third kappa shape index (κ3) is 2.02. The quantitative estimate of drug-likeness (QED) is 0.755. The molecule has 0 aliphatic rings. The van der Waals surface area contributed by atoms with E-state index in [0.29, 0.717) is 5.69 Å². The van der Waals surface area contributed by atoms with Crippen LogP contribution in [0.3, 0.4) is 0 Å². The molecular weight excluding hydrogens is 268 g/mol. The highest BCUT2D eigenvalue weighted by Gasteiger charge is 2.15. The van der Waals surface area contributed by atoms with Gasteiger partial charge in [0.15, 0.2) is 0 Å². The van der Waals surface area contributed by atoms with Crippen molar-refractivity contribution in [2.75, 3.05) is 5.32 Å². The lowest BCUT2D eigenvalue weighted by Gasteiger charge is -2.10. The summed E-state index contributed by atoms with van der Waals surface area (Å²) in [6.07, 6.45) is 0. The first kappa shape index (κ1) is 12.9. The van der Waals surface area contributed by atoms with E-state index >= 15 is 0 Å². The Morgan fingerprint density at radius 2 is 2.05 bits per heavy atom. The van der Waals surface area contributed by atoms with Crippen molar-refractivity contribution in [3.05, 3.63) is 52.5 Å². The summed E-state index contributed by atoms with van der Waals surface area (Å²) in [6, 6.07) is 9.92. The molecule has 1 amide bonds. The number of carbonyl (C=O) groups excluding carboxylic acids is 1. The van der Waals surface area contributed by atoms with Crippen LogP contribution < -0.4 is 5.32 Å². The minimum atomic E-state index is -0.0652. The van der Waals surface area contributed by atoms with Crippen molar-refractivity contribution in [1.29, 1.82) is 0 Å². The lowest BCUT2D eigenvalue weighted by atomic mass is 10.1. The number of aryl methyl sites for hydroxylation is 2. The second kappa shape index (κ2) is 4.80. The van der Waals surface area contributed by atoms with E-state index < -0.39 is 0 Å². The maximum absolute atomic E-state index is 12.4. The second-order valence-electron chi connectivity index (χ2n) is 4.96. The molecule has 0 atom stereocenters. The number of rotatable bonds is 2. The number of carbonyl (C=O) groups is 1. The summed E-state index contributed by atoms with van der Waals surface area (Å²) in [4.78, 5) is 12.4. The van der Waals surface area contributed by atoms with Gasteiger partial charge in [-0.05, 0) is 48.6 Å². The van der Waals surface area contributed by atoms with Gasteiger partial charge in [0, 0.05) is 12.7 Å². The summed E-state index contributed by atoms with van der Waals surface area (Å²) in [5.74, 6) is -0.0652. The van der Waals surface area contributed by atoms with Gasteiger partial charge in [-0.2, -0.15) is 0 Å². The summed E-state index contributed by atoms with van der Waals surface area (Å²) >= 11 is 1.65. The molecule has 0 radical (unpaired) electrons. The number of thiophene rings is 1. The van der Waals surface area contributed by atoms with Crippen molar-refractivity contribution in [3.8, 4) is 0 Å². The van der Waals surface area contributed by atoms with Crippen LogP contribution in [0.1, 0.15) is 21.6 Å². The van der Waals surface area contributed by atoms with Crippen molar-refractivity contribution in [3.63, 3.8) is 0 Å². The lowest BCUT2D eigenvalue weighted by Crippen LogP contribution is -2.16. The summed E-state index contributed by atoms with van der Waals surface area (Å²) in [5.41, 5.74) is 4.95. The molecule has 4 heteroatoms. The number of amides is 1. The predicted molar refractivity (Wildman–Crippen MR) is 84.7 cm³/mol. The Kier molecular flexibility index (Phi) is 3.10. The van der Waals surface area contributed by atoms with E-state index in [-0.39, 0.29) is 5.91 Å². The third-order valence-electron chi connectivity index (χ3n) is 3.75. The Morgan fingerprint density at radius 3 is 2.80 bits per heavy atom. The molecule has 0 saturated heterocycles. The molecule has 0 aliphatic carbocycles. The molecule has 3 nitrogen and oxygen atoms in total. The van der Waals surface area contributed by atoms with Crippen LogP contribution in [-0.4, -0.2) is 10.5 Å². The van der Waals surface area contributed by atoms with Gasteiger partial charge in [0.1, 0.15) is 5.69 Å². The molecule has 2 aromatic heterocycles. The predicted octanol–water partition coefficient (Wildman–Crippen LogP) is 4.11. The van der Waals surface area contributed by atoms with Gasteiger partial charge in [-0.1, -0.05) is 12.1 Å². The van der Waals surface area contributed by atoms with E-state index in [4.69, 9.17) is 0 Å². The van der Waals surface area contributed by atoms with Crippen LogP contribution in [-0.2, 0) is 7.05 Å². The largest absolute Gasteiger partial charge is 0.339 e.